The molecule has 0 aliphatic rings. The normalized spacial score (nSPS) is 7.52. The summed E-state index contributed by atoms with van der Waals surface area (Å²) in [6.07, 6.45) is 5.58. The third-order valence-corrected chi connectivity index (χ3v) is 2.45. The highest BCUT2D eigenvalue weighted by Crippen LogP contribution is 1.98. The summed E-state index contributed by atoms with van der Waals surface area (Å²) in [6.45, 7) is 2.01. The fourth-order valence-corrected chi connectivity index (χ4v) is 1.38. The Bertz CT molecular complexity index is 643. The smallest absolute Gasteiger partial charge is 0.303 e. The second-order valence-corrected chi connectivity index (χ2v) is 4.43. The first-order chi connectivity index (χ1) is 11.3. The van der Waals surface area contributed by atoms with Gasteiger partial charge in [0.2, 0.25) is 0 Å². The number of unbranched alkanes of at least 4 members (excludes halogenated alkanes) is 2. The molecule has 0 spiro atoms. The Labute approximate surface area is 140 Å². The highest BCUT2D eigenvalue weighted by atomic mass is 16.4. The van der Waals surface area contributed by atoms with Crippen LogP contribution < -0.4 is 0 Å². The summed E-state index contributed by atoms with van der Waals surface area (Å²) in [5, 5.41) is 8.47. The van der Waals surface area contributed by atoms with Gasteiger partial charge in [-0.05, 0) is 12.8 Å². The van der Waals surface area contributed by atoms with Crippen LogP contribution in [0.1, 0.15) is 64.7 Å². The summed E-state index contributed by atoms with van der Waals surface area (Å²) in [7, 11) is 0. The molecule has 1 N–H and O–H groups in total. The molecule has 23 heavy (non-hydrogen) atoms. The first kappa shape index (κ1) is 20.3. The quantitative estimate of drug-likeness (QED) is 0.636. The lowest BCUT2D eigenvalue weighted by atomic mass is 10.2. The zero-order valence-corrected chi connectivity index (χ0v) is 13.7. The molecule has 0 aromatic rings. The van der Waals surface area contributed by atoms with Gasteiger partial charge in [-0.1, -0.05) is 54.3 Å². The fraction of sp³-hybridized carbons (Fsp3) is 0.476. The second-order valence-electron chi connectivity index (χ2n) is 4.43. The van der Waals surface area contributed by atoms with E-state index in [0.717, 1.165) is 19.3 Å². The third-order valence-electron chi connectivity index (χ3n) is 2.45. The minimum Gasteiger partial charge on any atom is -0.481 e. The maximum Gasteiger partial charge on any atom is 0.303 e. The summed E-state index contributed by atoms with van der Waals surface area (Å²) in [5.41, 5.74) is 0. The Kier molecular flexibility index (Phi) is 15.3. The SMILES string of the molecule is CCC#CCC#CCC#CCC#CCC#CCCCCC(=O)O. The van der Waals surface area contributed by atoms with Gasteiger partial charge in [-0.25, -0.2) is 0 Å². The minimum absolute atomic E-state index is 0.219. The molecule has 0 aliphatic heterocycles. The Morgan fingerprint density at radius 2 is 1.13 bits per heavy atom. The van der Waals surface area contributed by atoms with Crippen molar-refractivity contribution in [2.45, 2.75) is 64.7 Å². The van der Waals surface area contributed by atoms with Crippen molar-refractivity contribution >= 4 is 5.97 Å². The highest BCUT2D eigenvalue weighted by Gasteiger charge is 1.93. The van der Waals surface area contributed by atoms with Crippen LogP contribution in [0.4, 0.5) is 0 Å². The van der Waals surface area contributed by atoms with E-state index in [4.69, 9.17) is 5.11 Å². The van der Waals surface area contributed by atoms with Gasteiger partial charge in [-0.3, -0.25) is 4.79 Å². The lowest BCUT2D eigenvalue weighted by Gasteiger charge is -1.90. The molecule has 0 saturated carbocycles. The molecule has 0 saturated heterocycles. The summed E-state index contributed by atoms with van der Waals surface area (Å²) in [5.74, 6) is 28.8. The van der Waals surface area contributed by atoms with Gasteiger partial charge < -0.3 is 5.11 Å². The number of carbonyl (C=O) groups is 1. The van der Waals surface area contributed by atoms with Crippen LogP contribution in [-0.2, 0) is 4.79 Å². The van der Waals surface area contributed by atoms with E-state index in [1.54, 1.807) is 0 Å². The van der Waals surface area contributed by atoms with E-state index < -0.39 is 5.97 Å². The average Bonchev–Trinajstić information content (AvgIpc) is 2.53. The van der Waals surface area contributed by atoms with Gasteiger partial charge in [-0.2, -0.15) is 0 Å². The molecule has 2 heteroatoms. The maximum atomic E-state index is 10.3. The Morgan fingerprint density at radius 1 is 0.696 bits per heavy atom. The number of hydrogen-bond donors (Lipinski definition) is 1. The van der Waals surface area contributed by atoms with Crippen molar-refractivity contribution in [3.05, 3.63) is 0 Å². The number of hydrogen-bond acceptors (Lipinski definition) is 1. The zero-order valence-electron chi connectivity index (χ0n) is 13.7. The largest absolute Gasteiger partial charge is 0.481 e. The van der Waals surface area contributed by atoms with Crippen LogP contribution in [-0.4, -0.2) is 11.1 Å². The molecular formula is C21H22O2. The summed E-state index contributed by atoms with van der Waals surface area (Å²) >= 11 is 0. The van der Waals surface area contributed by atoms with Crippen LogP contribution in [0.2, 0.25) is 0 Å². The molecule has 0 aliphatic carbocycles. The number of carboxylic acids is 1. The predicted octanol–water partition coefficient (Wildman–Crippen LogP) is 3.62. The molecule has 2 nitrogen and oxygen atoms in total. The van der Waals surface area contributed by atoms with E-state index in [9.17, 15) is 4.79 Å². The average molecular weight is 306 g/mol. The van der Waals surface area contributed by atoms with E-state index in [0.29, 0.717) is 32.1 Å². The second kappa shape index (κ2) is 17.3. The van der Waals surface area contributed by atoms with Crippen LogP contribution in [0.5, 0.6) is 0 Å². The van der Waals surface area contributed by atoms with Gasteiger partial charge in [0, 0.05) is 19.3 Å². The molecular weight excluding hydrogens is 284 g/mol. The molecule has 0 aromatic carbocycles. The fourth-order valence-electron chi connectivity index (χ4n) is 1.38. The predicted molar refractivity (Wildman–Crippen MR) is 93.7 cm³/mol. The first-order valence-electron chi connectivity index (χ1n) is 7.77. The van der Waals surface area contributed by atoms with E-state index in [1.165, 1.54) is 0 Å². The van der Waals surface area contributed by atoms with Gasteiger partial charge in [0.15, 0.2) is 0 Å². The van der Waals surface area contributed by atoms with Gasteiger partial charge in [-0.15, -0.1) is 11.8 Å². The van der Waals surface area contributed by atoms with Crippen LogP contribution >= 0.6 is 0 Å². The van der Waals surface area contributed by atoms with E-state index in [-0.39, 0.29) is 6.42 Å². The van der Waals surface area contributed by atoms with Crippen LogP contribution in [0.15, 0.2) is 0 Å². The van der Waals surface area contributed by atoms with Gasteiger partial charge in [0.25, 0.3) is 0 Å². The molecule has 0 heterocycles. The molecule has 0 aromatic heterocycles. The lowest BCUT2D eigenvalue weighted by Crippen LogP contribution is -1.92. The van der Waals surface area contributed by atoms with Gasteiger partial charge in [0.1, 0.15) is 0 Å². The van der Waals surface area contributed by atoms with Crippen molar-refractivity contribution in [3.8, 4) is 59.2 Å². The highest BCUT2D eigenvalue weighted by molar-refractivity contribution is 5.66. The molecule has 0 atom stereocenters. The maximum absolute atomic E-state index is 10.3. The molecule has 0 fully saturated rings. The van der Waals surface area contributed by atoms with E-state index in [1.807, 2.05) is 6.92 Å². The van der Waals surface area contributed by atoms with Gasteiger partial charge >= 0.3 is 5.97 Å². The minimum atomic E-state index is -0.749. The van der Waals surface area contributed by atoms with Crippen molar-refractivity contribution < 1.29 is 9.90 Å². The molecule has 0 bridgehead atoms. The molecule has 0 radical (unpaired) electrons. The monoisotopic (exact) mass is 306 g/mol. The molecule has 0 unspecified atom stereocenters. The van der Waals surface area contributed by atoms with Crippen LogP contribution in [0, 0.1) is 59.2 Å². The summed E-state index contributed by atoms with van der Waals surface area (Å²) < 4.78 is 0. The third kappa shape index (κ3) is 19.3. The van der Waals surface area contributed by atoms with Crippen molar-refractivity contribution in [2.75, 3.05) is 0 Å². The van der Waals surface area contributed by atoms with Crippen molar-refractivity contribution in [2.24, 2.45) is 0 Å². The molecule has 0 rings (SSSR count). The number of carboxylic acid groups (broad SMARTS) is 1. The van der Waals surface area contributed by atoms with Crippen molar-refractivity contribution in [3.63, 3.8) is 0 Å². The Balaban J connectivity index is 3.63. The number of aliphatic carboxylic acids is 1. The Hall–Kier alpha value is -2.73. The van der Waals surface area contributed by atoms with E-state index in [2.05, 4.69) is 59.2 Å². The first-order valence-corrected chi connectivity index (χ1v) is 7.77. The van der Waals surface area contributed by atoms with Crippen molar-refractivity contribution in [1.82, 2.24) is 0 Å². The number of rotatable bonds is 4. The van der Waals surface area contributed by atoms with Crippen LogP contribution in [0.25, 0.3) is 0 Å². The molecule has 0 amide bonds. The Morgan fingerprint density at radius 3 is 1.57 bits per heavy atom. The standard InChI is InChI=1S/C21H22O2/c1-2-3-4-5-6-7-8-9-10-11-12-13-14-15-16-17-18-19-20-21(22)23/h2,5,8,11,14,17-20H2,1H3,(H,22,23). The topological polar surface area (TPSA) is 37.3 Å². The summed E-state index contributed by atoms with van der Waals surface area (Å²) in [4.78, 5) is 10.3. The van der Waals surface area contributed by atoms with Crippen molar-refractivity contribution in [1.29, 1.82) is 0 Å². The van der Waals surface area contributed by atoms with E-state index >= 15 is 0 Å². The summed E-state index contributed by atoms with van der Waals surface area (Å²) in [6, 6.07) is 0. The molecule has 118 valence electrons. The van der Waals surface area contributed by atoms with Gasteiger partial charge in [0.05, 0.1) is 25.7 Å². The van der Waals surface area contributed by atoms with Crippen LogP contribution in [0.3, 0.4) is 0 Å². The zero-order chi connectivity index (χ0) is 17.0. The lowest BCUT2D eigenvalue weighted by molar-refractivity contribution is -0.137.